The van der Waals surface area contributed by atoms with Crippen molar-refractivity contribution in [1.82, 2.24) is 0 Å². The Morgan fingerprint density at radius 1 is 1.53 bits per heavy atom. The zero-order valence-electron chi connectivity index (χ0n) is 8.67. The Morgan fingerprint density at radius 2 is 2.00 bits per heavy atom. The van der Waals surface area contributed by atoms with Crippen molar-refractivity contribution in [3.8, 4) is 0 Å². The summed E-state index contributed by atoms with van der Waals surface area (Å²) in [5.41, 5.74) is 0. The Bertz CT molecular complexity index is 291. The number of carboxylic acid groups (broad SMARTS) is 1. The minimum absolute atomic E-state index is 0. The Hall–Kier alpha value is 1.08. The van der Waals surface area contributed by atoms with E-state index in [4.69, 9.17) is 5.11 Å². The molecule has 0 saturated heterocycles. The summed E-state index contributed by atoms with van der Waals surface area (Å²) in [6.07, 6.45) is 1.47. The van der Waals surface area contributed by atoms with Crippen LogP contribution in [0.15, 0.2) is 0 Å². The van der Waals surface area contributed by atoms with Gasteiger partial charge in [0.05, 0.1) is 5.92 Å². The molecule has 0 aromatic carbocycles. The molecule has 1 N–H and O–H groups in total. The molecular formula is C6H11NaO5S3. The summed E-state index contributed by atoms with van der Waals surface area (Å²) in [5, 5.41) is 8.55. The number of hydrogen-bond acceptors (Lipinski definition) is 6. The van der Waals surface area contributed by atoms with Gasteiger partial charge in [-0.2, -0.15) is 0 Å². The number of carbonyl (C=O) groups is 1. The molecule has 0 rings (SSSR count). The summed E-state index contributed by atoms with van der Waals surface area (Å²) in [5.74, 6) is -1.93. The van der Waals surface area contributed by atoms with Crippen molar-refractivity contribution >= 4 is 37.7 Å². The fraction of sp³-hybridized carbons (Fsp3) is 0.833. The number of rotatable bonds is 6. The van der Waals surface area contributed by atoms with Crippen LogP contribution < -0.4 is 29.6 Å². The van der Waals surface area contributed by atoms with E-state index in [0.717, 1.165) is 21.6 Å². The molecule has 0 bridgehead atoms. The fourth-order valence-corrected chi connectivity index (χ4v) is 4.65. The summed E-state index contributed by atoms with van der Waals surface area (Å²) in [6.45, 7) is 1.38. The second-order valence-electron chi connectivity index (χ2n) is 2.66. The maximum absolute atomic E-state index is 10.7. The van der Waals surface area contributed by atoms with Crippen LogP contribution in [0.5, 0.6) is 0 Å². The van der Waals surface area contributed by atoms with E-state index in [1.807, 2.05) is 0 Å². The van der Waals surface area contributed by atoms with Gasteiger partial charge in [-0.15, -0.1) is 0 Å². The van der Waals surface area contributed by atoms with Crippen LogP contribution in [0.2, 0.25) is 0 Å². The topological polar surface area (TPSA) is 94.5 Å². The smallest absolute Gasteiger partial charge is 0.747 e. The van der Waals surface area contributed by atoms with Crippen molar-refractivity contribution in [3.05, 3.63) is 0 Å². The molecule has 0 aromatic rings. The van der Waals surface area contributed by atoms with Crippen LogP contribution in [0.4, 0.5) is 0 Å². The molecule has 5 nitrogen and oxygen atoms in total. The van der Waals surface area contributed by atoms with E-state index in [1.165, 1.54) is 6.92 Å². The van der Waals surface area contributed by atoms with Crippen LogP contribution in [0.1, 0.15) is 13.3 Å². The van der Waals surface area contributed by atoms with Crippen molar-refractivity contribution < 1.29 is 52.4 Å². The van der Waals surface area contributed by atoms with Crippen LogP contribution in [0, 0.1) is 5.92 Å². The fourth-order valence-electron chi connectivity index (χ4n) is 0.702. The second kappa shape index (κ2) is 8.21. The van der Waals surface area contributed by atoms with Crippen LogP contribution in [-0.4, -0.2) is 34.9 Å². The summed E-state index contributed by atoms with van der Waals surface area (Å²) >= 11 is 0. The normalized spacial score (nSPS) is 15.1. The minimum Gasteiger partial charge on any atom is -0.747 e. The van der Waals surface area contributed by atoms with E-state index in [2.05, 4.69) is 0 Å². The first-order valence-corrected chi connectivity index (χ1v) is 7.75. The standard InChI is InChI=1S/C6H12O5S3.Na/c1-4(6(7)8)3-5(13-12-2)14(9,10)11;/h4-5H,3H2,1-2H3,(H,7,8)(H,9,10,11);/q;+1/p-1. The molecular weight excluding hydrogens is 271 g/mol. The summed E-state index contributed by atoms with van der Waals surface area (Å²) in [7, 11) is -2.41. The van der Waals surface area contributed by atoms with Gasteiger partial charge < -0.3 is 9.66 Å². The van der Waals surface area contributed by atoms with Crippen LogP contribution >= 0.6 is 21.6 Å². The molecule has 84 valence electrons. The van der Waals surface area contributed by atoms with Crippen LogP contribution in [-0.2, 0) is 14.9 Å². The summed E-state index contributed by atoms with van der Waals surface area (Å²) in [4.78, 5) is 10.5. The van der Waals surface area contributed by atoms with Crippen LogP contribution in [0.25, 0.3) is 0 Å². The van der Waals surface area contributed by atoms with Gasteiger partial charge in [0, 0.05) is 0 Å². The first-order chi connectivity index (χ1) is 6.29. The zero-order valence-corrected chi connectivity index (χ0v) is 13.1. The molecule has 0 amide bonds. The maximum Gasteiger partial charge on any atom is 1.00 e. The summed E-state index contributed by atoms with van der Waals surface area (Å²) < 4.78 is 30.9. The van der Waals surface area contributed by atoms with Gasteiger partial charge in [0.25, 0.3) is 0 Å². The Morgan fingerprint density at radius 3 is 2.27 bits per heavy atom. The predicted molar refractivity (Wildman–Crippen MR) is 56.0 cm³/mol. The monoisotopic (exact) mass is 282 g/mol. The molecule has 0 heterocycles. The molecule has 2 atom stereocenters. The largest absolute Gasteiger partial charge is 1.00 e. The molecule has 15 heavy (non-hydrogen) atoms. The Balaban J connectivity index is 0. The van der Waals surface area contributed by atoms with Crippen molar-refractivity contribution in [2.75, 3.05) is 6.26 Å². The Labute approximate surface area is 119 Å². The maximum atomic E-state index is 10.7. The predicted octanol–water partition coefficient (Wildman–Crippen LogP) is -2.02. The molecule has 9 heteroatoms. The number of hydrogen-bond donors (Lipinski definition) is 1. The number of aliphatic carboxylic acids is 1. The first-order valence-electron chi connectivity index (χ1n) is 3.66. The molecule has 2 unspecified atom stereocenters. The quantitative estimate of drug-likeness (QED) is 0.341. The van der Waals surface area contributed by atoms with Crippen molar-refractivity contribution in [3.63, 3.8) is 0 Å². The molecule has 0 fully saturated rings. The van der Waals surface area contributed by atoms with E-state index < -0.39 is 26.6 Å². The molecule has 0 radical (unpaired) electrons. The first kappa shape index (κ1) is 18.4. The third-order valence-corrected chi connectivity index (χ3v) is 5.56. The third kappa shape index (κ3) is 7.89. The average molecular weight is 282 g/mol. The van der Waals surface area contributed by atoms with E-state index in [-0.39, 0.29) is 36.0 Å². The molecule has 0 aliphatic heterocycles. The van der Waals surface area contributed by atoms with Gasteiger partial charge in [-0.25, -0.2) is 8.42 Å². The second-order valence-corrected chi connectivity index (χ2v) is 7.19. The van der Waals surface area contributed by atoms with Gasteiger partial charge in [-0.05, 0) is 12.7 Å². The van der Waals surface area contributed by atoms with Gasteiger partial charge in [0.2, 0.25) is 0 Å². The van der Waals surface area contributed by atoms with Gasteiger partial charge in [0.1, 0.15) is 14.7 Å². The molecule has 0 spiro atoms. The van der Waals surface area contributed by atoms with E-state index >= 15 is 0 Å². The third-order valence-electron chi connectivity index (χ3n) is 1.49. The molecule has 0 aliphatic rings. The van der Waals surface area contributed by atoms with E-state index in [9.17, 15) is 17.8 Å². The van der Waals surface area contributed by atoms with Gasteiger partial charge >= 0.3 is 35.5 Å². The number of carboxylic acids is 1. The van der Waals surface area contributed by atoms with Crippen molar-refractivity contribution in [2.45, 2.75) is 17.9 Å². The molecule has 0 aliphatic carbocycles. The van der Waals surface area contributed by atoms with Crippen molar-refractivity contribution in [2.24, 2.45) is 5.92 Å². The van der Waals surface area contributed by atoms with Gasteiger partial charge in [0.15, 0.2) is 0 Å². The zero-order chi connectivity index (χ0) is 11.4. The molecule has 0 aromatic heterocycles. The molecule has 0 saturated carbocycles. The Kier molecular flexibility index (Phi) is 10.1. The van der Waals surface area contributed by atoms with E-state index in [1.54, 1.807) is 6.26 Å². The SMILES string of the molecule is CSSC(CC(C)C(=O)O)S(=O)(=O)[O-].[Na+]. The van der Waals surface area contributed by atoms with Crippen LogP contribution in [0.3, 0.4) is 0 Å². The van der Waals surface area contributed by atoms with Gasteiger partial charge in [-0.1, -0.05) is 28.5 Å². The van der Waals surface area contributed by atoms with Gasteiger partial charge in [-0.3, -0.25) is 4.79 Å². The minimum atomic E-state index is -4.43. The van der Waals surface area contributed by atoms with E-state index in [0.29, 0.717) is 0 Å². The average Bonchev–Trinajstić information content (AvgIpc) is 2.01. The van der Waals surface area contributed by atoms with Crippen molar-refractivity contribution in [1.29, 1.82) is 0 Å². The summed E-state index contributed by atoms with van der Waals surface area (Å²) in [6, 6.07) is 0.